The van der Waals surface area contributed by atoms with E-state index in [1.54, 1.807) is 12.1 Å². The number of hydrogen-bond donors (Lipinski definition) is 1. The number of rotatable bonds is 3. The van der Waals surface area contributed by atoms with Crippen molar-refractivity contribution in [2.24, 2.45) is 0 Å². The lowest BCUT2D eigenvalue weighted by Crippen LogP contribution is -2.47. The van der Waals surface area contributed by atoms with Gasteiger partial charge in [0.15, 0.2) is 0 Å². The number of carbonyl (C=O) groups is 2. The maximum atomic E-state index is 12.5. The van der Waals surface area contributed by atoms with Crippen LogP contribution in [0.5, 0.6) is 0 Å². The van der Waals surface area contributed by atoms with Crippen molar-refractivity contribution in [2.45, 2.75) is 6.92 Å². The molecule has 0 spiro atoms. The Morgan fingerprint density at radius 2 is 1.86 bits per heavy atom. The maximum Gasteiger partial charge on any atom is 0.328 e. The molecular weight excluding hydrogens is 268 g/mol. The van der Waals surface area contributed by atoms with Crippen molar-refractivity contribution >= 4 is 18.0 Å². The molecule has 0 atom stereocenters. The fourth-order valence-corrected chi connectivity index (χ4v) is 2.31. The van der Waals surface area contributed by atoms with Crippen LogP contribution in [-0.4, -0.2) is 60.0 Å². The summed E-state index contributed by atoms with van der Waals surface area (Å²) in [6.07, 6.45) is 2.62. The van der Waals surface area contributed by atoms with E-state index in [4.69, 9.17) is 5.11 Å². The first-order chi connectivity index (χ1) is 9.97. The Kier molecular flexibility index (Phi) is 4.75. The zero-order chi connectivity index (χ0) is 15.4. The monoisotopic (exact) mass is 288 g/mol. The summed E-state index contributed by atoms with van der Waals surface area (Å²) in [5, 5.41) is 8.71. The lowest BCUT2D eigenvalue weighted by molar-refractivity contribution is -0.131. The topological polar surface area (TPSA) is 60.9 Å². The quantitative estimate of drug-likeness (QED) is 0.856. The first-order valence-corrected chi connectivity index (χ1v) is 6.97. The minimum atomic E-state index is -0.995. The number of benzene rings is 1. The van der Waals surface area contributed by atoms with E-state index >= 15 is 0 Å². The van der Waals surface area contributed by atoms with Crippen molar-refractivity contribution in [3.8, 4) is 0 Å². The summed E-state index contributed by atoms with van der Waals surface area (Å²) in [5.74, 6) is -0.988. The number of nitrogens with zero attached hydrogens (tertiary/aromatic N) is 2. The summed E-state index contributed by atoms with van der Waals surface area (Å²) in [6.45, 7) is 5.10. The highest BCUT2D eigenvalue weighted by molar-refractivity contribution is 5.95. The third-order valence-corrected chi connectivity index (χ3v) is 3.72. The minimum absolute atomic E-state index is 0.00748. The molecule has 1 aliphatic rings. The lowest BCUT2D eigenvalue weighted by Gasteiger charge is -2.32. The van der Waals surface area contributed by atoms with E-state index in [-0.39, 0.29) is 5.91 Å². The number of hydrogen-bond acceptors (Lipinski definition) is 3. The van der Waals surface area contributed by atoms with Gasteiger partial charge >= 0.3 is 5.97 Å². The predicted molar refractivity (Wildman–Crippen MR) is 81.2 cm³/mol. The van der Waals surface area contributed by atoms with Crippen LogP contribution in [0.15, 0.2) is 24.3 Å². The number of amides is 1. The second-order valence-electron chi connectivity index (χ2n) is 5.34. The number of aliphatic carboxylic acids is 1. The lowest BCUT2D eigenvalue weighted by atomic mass is 10.0. The van der Waals surface area contributed by atoms with E-state index in [1.807, 2.05) is 24.9 Å². The largest absolute Gasteiger partial charge is 0.478 e. The van der Waals surface area contributed by atoms with Gasteiger partial charge < -0.3 is 14.9 Å². The van der Waals surface area contributed by atoms with Gasteiger partial charge in [0.05, 0.1) is 0 Å². The predicted octanol–water partition coefficient (Wildman–Crippen LogP) is 1.48. The molecule has 1 aliphatic heterocycles. The molecule has 0 saturated carbocycles. The Balaban J connectivity index is 2.18. The Hall–Kier alpha value is -2.14. The molecule has 1 saturated heterocycles. The van der Waals surface area contributed by atoms with Gasteiger partial charge in [-0.3, -0.25) is 4.79 Å². The van der Waals surface area contributed by atoms with Crippen LogP contribution in [0, 0.1) is 6.92 Å². The molecule has 0 unspecified atom stereocenters. The average Bonchev–Trinajstić information content (AvgIpc) is 2.46. The van der Waals surface area contributed by atoms with Crippen LogP contribution in [0.4, 0.5) is 0 Å². The van der Waals surface area contributed by atoms with E-state index in [0.29, 0.717) is 5.56 Å². The molecule has 1 fully saturated rings. The molecule has 1 aromatic carbocycles. The standard InChI is InChI=1S/C16H20N2O3/c1-12-3-4-14(11-13(12)5-6-15(19)20)16(21)18-9-7-17(2)8-10-18/h3-6,11H,7-10H2,1-2H3,(H,19,20)/b6-5+. The second-order valence-corrected chi connectivity index (χ2v) is 5.34. The summed E-state index contributed by atoms with van der Waals surface area (Å²) < 4.78 is 0. The maximum absolute atomic E-state index is 12.5. The second kappa shape index (κ2) is 6.54. The van der Waals surface area contributed by atoms with Crippen LogP contribution < -0.4 is 0 Å². The summed E-state index contributed by atoms with van der Waals surface area (Å²) in [4.78, 5) is 27.1. The highest BCUT2D eigenvalue weighted by Gasteiger charge is 2.20. The van der Waals surface area contributed by atoms with Gasteiger partial charge in [0.2, 0.25) is 0 Å². The molecule has 1 aromatic rings. The van der Waals surface area contributed by atoms with Gasteiger partial charge in [0.25, 0.3) is 5.91 Å². The van der Waals surface area contributed by atoms with Gasteiger partial charge in [-0.05, 0) is 43.3 Å². The van der Waals surface area contributed by atoms with Crippen LogP contribution in [-0.2, 0) is 4.79 Å². The number of aryl methyl sites for hydroxylation is 1. The number of carboxylic acid groups (broad SMARTS) is 1. The van der Waals surface area contributed by atoms with Crippen LogP contribution in [0.3, 0.4) is 0 Å². The van der Waals surface area contributed by atoms with E-state index in [1.165, 1.54) is 6.08 Å². The first kappa shape index (κ1) is 15.3. The fourth-order valence-electron chi connectivity index (χ4n) is 2.31. The zero-order valence-corrected chi connectivity index (χ0v) is 12.4. The van der Waals surface area contributed by atoms with E-state index < -0.39 is 5.97 Å². The highest BCUT2D eigenvalue weighted by Crippen LogP contribution is 2.15. The summed E-state index contributed by atoms with van der Waals surface area (Å²) in [6, 6.07) is 5.41. The van der Waals surface area contributed by atoms with Crippen molar-refractivity contribution in [3.63, 3.8) is 0 Å². The van der Waals surface area contributed by atoms with Crippen molar-refractivity contribution in [1.82, 2.24) is 9.80 Å². The number of piperazine rings is 1. The Bertz CT molecular complexity index is 573. The Morgan fingerprint density at radius 3 is 2.48 bits per heavy atom. The van der Waals surface area contributed by atoms with Gasteiger partial charge in [-0.15, -0.1) is 0 Å². The molecular formula is C16H20N2O3. The third kappa shape index (κ3) is 3.92. The van der Waals surface area contributed by atoms with Gasteiger partial charge in [0, 0.05) is 37.8 Å². The van der Waals surface area contributed by atoms with Gasteiger partial charge in [-0.1, -0.05) is 6.07 Å². The van der Waals surface area contributed by atoms with Crippen LogP contribution in [0.2, 0.25) is 0 Å². The molecule has 2 rings (SSSR count). The normalized spacial score (nSPS) is 16.4. The van der Waals surface area contributed by atoms with Crippen LogP contribution in [0.1, 0.15) is 21.5 Å². The van der Waals surface area contributed by atoms with E-state index in [2.05, 4.69) is 4.90 Å². The Labute approximate surface area is 124 Å². The molecule has 0 aromatic heterocycles. The highest BCUT2D eigenvalue weighted by atomic mass is 16.4. The number of carbonyl (C=O) groups excluding carboxylic acids is 1. The molecule has 0 bridgehead atoms. The summed E-state index contributed by atoms with van der Waals surface area (Å²) in [7, 11) is 2.04. The van der Waals surface area contributed by atoms with Crippen molar-refractivity contribution < 1.29 is 14.7 Å². The van der Waals surface area contributed by atoms with Gasteiger partial charge in [-0.2, -0.15) is 0 Å². The summed E-state index contributed by atoms with van der Waals surface area (Å²) in [5.41, 5.74) is 2.31. The smallest absolute Gasteiger partial charge is 0.328 e. The number of carboxylic acids is 1. The molecule has 5 heteroatoms. The number of likely N-dealkylation sites (N-methyl/N-ethyl adjacent to an activating group) is 1. The fraction of sp³-hybridized carbons (Fsp3) is 0.375. The molecule has 0 aliphatic carbocycles. The van der Waals surface area contributed by atoms with Gasteiger partial charge in [0.1, 0.15) is 0 Å². The molecule has 1 heterocycles. The van der Waals surface area contributed by atoms with Crippen molar-refractivity contribution in [3.05, 3.63) is 41.0 Å². The van der Waals surface area contributed by atoms with Crippen molar-refractivity contribution in [1.29, 1.82) is 0 Å². The third-order valence-electron chi connectivity index (χ3n) is 3.72. The first-order valence-electron chi connectivity index (χ1n) is 6.97. The molecule has 5 nitrogen and oxygen atoms in total. The molecule has 21 heavy (non-hydrogen) atoms. The van der Waals surface area contributed by atoms with Crippen molar-refractivity contribution in [2.75, 3.05) is 33.2 Å². The Morgan fingerprint density at radius 1 is 1.19 bits per heavy atom. The minimum Gasteiger partial charge on any atom is -0.478 e. The zero-order valence-electron chi connectivity index (χ0n) is 12.4. The van der Waals surface area contributed by atoms with Crippen LogP contribution in [0.25, 0.3) is 6.08 Å². The van der Waals surface area contributed by atoms with E-state index in [0.717, 1.165) is 43.4 Å². The van der Waals surface area contributed by atoms with Crippen LogP contribution >= 0.6 is 0 Å². The summed E-state index contributed by atoms with van der Waals surface area (Å²) >= 11 is 0. The van der Waals surface area contributed by atoms with E-state index in [9.17, 15) is 9.59 Å². The average molecular weight is 288 g/mol. The molecule has 0 radical (unpaired) electrons. The molecule has 1 amide bonds. The molecule has 1 N–H and O–H groups in total. The van der Waals surface area contributed by atoms with Gasteiger partial charge in [-0.25, -0.2) is 4.79 Å². The SMILES string of the molecule is Cc1ccc(C(=O)N2CCN(C)CC2)cc1/C=C/C(=O)O. The molecule has 112 valence electrons.